The summed E-state index contributed by atoms with van der Waals surface area (Å²) in [6.07, 6.45) is 3.38. The highest BCUT2D eigenvalue weighted by Crippen LogP contribution is 2.40. The molecule has 1 unspecified atom stereocenters. The van der Waals surface area contributed by atoms with Crippen LogP contribution >= 0.6 is 11.6 Å². The van der Waals surface area contributed by atoms with Crippen LogP contribution in [0.1, 0.15) is 47.9 Å². The minimum Gasteiger partial charge on any atom is -0.424 e. The van der Waals surface area contributed by atoms with E-state index in [1.54, 1.807) is 0 Å². The number of aromatic nitrogens is 5. The van der Waals surface area contributed by atoms with Gasteiger partial charge in [-0.1, -0.05) is 11.6 Å². The van der Waals surface area contributed by atoms with Crippen LogP contribution in [0.15, 0.2) is 30.6 Å². The molecule has 3 atom stereocenters. The van der Waals surface area contributed by atoms with E-state index >= 15 is 0 Å². The molecule has 1 aliphatic carbocycles. The molecule has 2 aromatic heterocycles. The van der Waals surface area contributed by atoms with Gasteiger partial charge in [-0.2, -0.15) is 4.98 Å². The summed E-state index contributed by atoms with van der Waals surface area (Å²) in [5.41, 5.74) is 0.865. The van der Waals surface area contributed by atoms with Gasteiger partial charge in [0.05, 0.1) is 12.4 Å². The van der Waals surface area contributed by atoms with Crippen molar-refractivity contribution in [2.24, 2.45) is 11.8 Å². The van der Waals surface area contributed by atoms with Gasteiger partial charge in [0.25, 0.3) is 0 Å². The molecule has 1 aliphatic heterocycles. The number of fused-ring (bicyclic) bond motifs is 2. The maximum absolute atomic E-state index is 13.7. The number of nitrogens with zero attached hydrogens (tertiary/aromatic N) is 6. The third-order valence-corrected chi connectivity index (χ3v) is 6.42. The van der Waals surface area contributed by atoms with E-state index in [-0.39, 0.29) is 34.6 Å². The Kier molecular flexibility index (Phi) is 4.00. The lowest BCUT2D eigenvalue weighted by atomic mass is 9.92. The lowest BCUT2D eigenvalue weighted by molar-refractivity contribution is 0.373. The molecule has 0 radical (unpaired) electrons. The van der Waals surface area contributed by atoms with Crippen molar-refractivity contribution in [1.82, 2.24) is 24.7 Å². The Morgan fingerprint density at radius 3 is 2.73 bits per heavy atom. The van der Waals surface area contributed by atoms with Gasteiger partial charge in [0.15, 0.2) is 0 Å². The minimum atomic E-state index is -3.35. The maximum atomic E-state index is 13.7. The van der Waals surface area contributed by atoms with Gasteiger partial charge in [-0.05, 0) is 57.4 Å². The maximum Gasteiger partial charge on any atom is 0.322 e. The van der Waals surface area contributed by atoms with Gasteiger partial charge >= 0.3 is 6.01 Å². The highest BCUT2D eigenvalue weighted by Gasteiger charge is 2.43. The molecule has 5 rings (SSSR count). The lowest BCUT2D eigenvalue weighted by Crippen LogP contribution is -2.48. The highest BCUT2D eigenvalue weighted by molar-refractivity contribution is 6.30. The number of hydrogen-bond donors (Lipinski definition) is 1. The largest absolute Gasteiger partial charge is 0.424 e. The number of piperidine rings is 1. The normalized spacial score (nSPS) is 26.3. The summed E-state index contributed by atoms with van der Waals surface area (Å²) in [6.45, 7) is -3.38. The van der Waals surface area contributed by atoms with E-state index in [1.807, 2.05) is 13.0 Å². The van der Waals surface area contributed by atoms with Gasteiger partial charge in [-0.15, -0.1) is 5.10 Å². The predicted octanol–water partition coefficient (Wildman–Crippen LogP) is 4.87. The van der Waals surface area contributed by atoms with E-state index < -0.39 is 31.5 Å². The molecule has 10 heteroatoms. The van der Waals surface area contributed by atoms with Gasteiger partial charge in [-0.25, -0.2) is 19.0 Å². The van der Waals surface area contributed by atoms with E-state index in [0.717, 1.165) is 36.5 Å². The average molecular weight is 479 g/mol. The van der Waals surface area contributed by atoms with Crippen molar-refractivity contribution in [1.29, 1.82) is 0 Å². The zero-order valence-electron chi connectivity index (χ0n) is 24.8. The molecule has 33 heavy (non-hydrogen) atoms. The molecular weight excluding hydrogens is 445 g/mol. The zero-order valence-corrected chi connectivity index (χ0v) is 18.6. The molecule has 1 saturated heterocycles. The summed E-state index contributed by atoms with van der Waals surface area (Å²) in [4.78, 5) is 15.0. The SMILES string of the molecule is [2H]C([2H])([2H])C([2H])(n1nc(NC2[C@@H]3CC[C@H]2CN(c2cc(C)ncn2)C3)nc1Oc1ccc(F)c(Cl)c1)C([2H])([2H])[2H]. The van der Waals surface area contributed by atoms with Crippen LogP contribution in [0.3, 0.4) is 0 Å². The van der Waals surface area contributed by atoms with Crippen molar-refractivity contribution >= 4 is 23.4 Å². The molecule has 3 aromatic rings. The van der Waals surface area contributed by atoms with Gasteiger partial charge in [-0.3, -0.25) is 0 Å². The smallest absolute Gasteiger partial charge is 0.322 e. The van der Waals surface area contributed by atoms with Crippen molar-refractivity contribution in [3.63, 3.8) is 0 Å². The number of benzene rings is 1. The molecule has 1 saturated carbocycles. The summed E-state index contributed by atoms with van der Waals surface area (Å²) in [6, 6.07) is 1.42. The fraction of sp³-hybridized carbons (Fsp3) is 0.478. The summed E-state index contributed by atoms with van der Waals surface area (Å²) in [7, 11) is 0. The van der Waals surface area contributed by atoms with Crippen LogP contribution in [-0.4, -0.2) is 43.9 Å². The van der Waals surface area contributed by atoms with Crippen molar-refractivity contribution in [2.75, 3.05) is 23.3 Å². The van der Waals surface area contributed by atoms with Gasteiger partial charge in [0.2, 0.25) is 5.95 Å². The number of hydrogen-bond acceptors (Lipinski definition) is 7. The monoisotopic (exact) mass is 478 g/mol. The summed E-state index contributed by atoms with van der Waals surface area (Å²) in [5, 5.41) is 7.13. The molecule has 1 N–H and O–H groups in total. The van der Waals surface area contributed by atoms with Crippen molar-refractivity contribution in [3.8, 4) is 11.8 Å². The highest BCUT2D eigenvalue weighted by atomic mass is 35.5. The molecule has 2 aliphatic rings. The molecular formula is C23H27ClFN7O. The van der Waals surface area contributed by atoms with Gasteiger partial charge in [0.1, 0.15) is 23.7 Å². The molecule has 3 heterocycles. The average Bonchev–Trinajstić information content (AvgIpc) is 3.34. The first-order valence-corrected chi connectivity index (χ1v) is 11.0. The summed E-state index contributed by atoms with van der Waals surface area (Å²) >= 11 is 5.85. The molecule has 0 spiro atoms. The summed E-state index contributed by atoms with van der Waals surface area (Å²) in [5.74, 6) is 0.351. The molecule has 2 bridgehead atoms. The van der Waals surface area contributed by atoms with Crippen LogP contribution in [0, 0.1) is 24.6 Å². The van der Waals surface area contributed by atoms with Gasteiger partial charge < -0.3 is 15.0 Å². The molecule has 0 amide bonds. The second-order valence-corrected chi connectivity index (χ2v) is 8.75. The number of anilines is 2. The quantitative estimate of drug-likeness (QED) is 0.541. The first kappa shape index (κ1) is 15.1. The van der Waals surface area contributed by atoms with E-state index in [1.165, 1.54) is 12.4 Å². The Morgan fingerprint density at radius 2 is 2.03 bits per heavy atom. The van der Waals surface area contributed by atoms with E-state index in [4.69, 9.17) is 25.9 Å². The molecule has 174 valence electrons. The van der Waals surface area contributed by atoms with E-state index in [9.17, 15) is 4.39 Å². The Morgan fingerprint density at radius 1 is 1.24 bits per heavy atom. The Hall–Kier alpha value is -2.94. The minimum absolute atomic E-state index is 0.0430. The number of rotatable bonds is 6. The fourth-order valence-electron chi connectivity index (χ4n) is 4.62. The molecule has 1 aromatic carbocycles. The van der Waals surface area contributed by atoms with Crippen molar-refractivity contribution in [2.45, 2.75) is 45.5 Å². The second-order valence-electron chi connectivity index (χ2n) is 8.35. The third kappa shape index (κ3) is 4.46. The van der Waals surface area contributed by atoms with Crippen LogP contribution in [0.5, 0.6) is 11.8 Å². The number of nitrogens with one attached hydrogen (secondary N) is 1. The first-order valence-electron chi connectivity index (χ1n) is 14.1. The lowest BCUT2D eigenvalue weighted by Gasteiger charge is -2.38. The van der Waals surface area contributed by atoms with Crippen molar-refractivity contribution in [3.05, 3.63) is 47.1 Å². The van der Waals surface area contributed by atoms with E-state index in [0.29, 0.717) is 17.8 Å². The predicted molar refractivity (Wildman–Crippen MR) is 124 cm³/mol. The first-order chi connectivity index (χ1) is 18.7. The Bertz CT molecular complexity index is 1370. The van der Waals surface area contributed by atoms with Crippen molar-refractivity contribution < 1.29 is 18.7 Å². The Balaban J connectivity index is 1.47. The third-order valence-electron chi connectivity index (χ3n) is 6.13. The number of ether oxygens (including phenoxy) is 1. The fourth-order valence-corrected chi connectivity index (χ4v) is 4.79. The number of aryl methyl sites for hydroxylation is 1. The Labute approximate surface area is 207 Å². The van der Waals surface area contributed by atoms with Crippen LogP contribution in [0.2, 0.25) is 5.02 Å². The van der Waals surface area contributed by atoms with Crippen LogP contribution in [-0.2, 0) is 0 Å². The van der Waals surface area contributed by atoms with Crippen LogP contribution in [0.25, 0.3) is 0 Å². The standard InChI is InChI=1S/C23H27ClFN7O/c1-13(2)32-23(33-17-6-7-19(25)18(24)9-17)29-22(30-32)28-21-15-4-5-16(21)11-31(10-15)20-8-14(3)26-12-27-20/h6-9,12-13,15-16,21H,4-5,10-11H2,1-3H3,(H,28,30)/t15-,16+,21?/i1D3,2D3,13D. The second kappa shape index (κ2) is 8.78. The zero-order chi connectivity index (χ0) is 29.0. The van der Waals surface area contributed by atoms with Crippen LogP contribution < -0.4 is 15.0 Å². The van der Waals surface area contributed by atoms with Gasteiger partial charge in [0, 0.05) is 45.2 Å². The topological polar surface area (TPSA) is 81.0 Å². The number of halogens is 2. The van der Waals surface area contributed by atoms with E-state index in [2.05, 4.69) is 30.3 Å². The molecule has 2 fully saturated rings. The summed E-state index contributed by atoms with van der Waals surface area (Å²) < 4.78 is 75.9. The molecule has 8 nitrogen and oxygen atoms in total. The van der Waals surface area contributed by atoms with Crippen LogP contribution in [0.4, 0.5) is 16.2 Å².